The fourth-order valence-electron chi connectivity index (χ4n) is 1.89. The lowest BCUT2D eigenvalue weighted by molar-refractivity contribution is -0.124. The van der Waals surface area contributed by atoms with Crippen molar-refractivity contribution < 1.29 is 14.3 Å². The highest BCUT2D eigenvalue weighted by molar-refractivity contribution is 7.12. The standard InChI is InChI=1S/C12H15NO3S/c1-8-6-13(4-3-10(8)14)12(15)11-5-9(16-2)7-17-11/h5,7-8H,3-4,6H2,1-2H3. The Labute approximate surface area is 104 Å². The van der Waals surface area contributed by atoms with Gasteiger partial charge in [0.2, 0.25) is 0 Å². The van der Waals surface area contributed by atoms with E-state index >= 15 is 0 Å². The van der Waals surface area contributed by atoms with Gasteiger partial charge in [-0.15, -0.1) is 11.3 Å². The van der Waals surface area contributed by atoms with Crippen molar-refractivity contribution in [3.05, 3.63) is 16.3 Å². The SMILES string of the molecule is COc1csc(C(=O)N2CCC(=O)C(C)C2)c1. The van der Waals surface area contributed by atoms with E-state index in [1.807, 2.05) is 12.3 Å². The van der Waals surface area contributed by atoms with E-state index in [0.29, 0.717) is 30.1 Å². The Morgan fingerprint density at radius 1 is 1.59 bits per heavy atom. The molecule has 1 fully saturated rings. The number of rotatable bonds is 2. The van der Waals surface area contributed by atoms with E-state index < -0.39 is 0 Å². The number of hydrogen-bond acceptors (Lipinski definition) is 4. The van der Waals surface area contributed by atoms with Crippen LogP contribution in [-0.4, -0.2) is 36.8 Å². The molecule has 0 saturated carbocycles. The fraction of sp³-hybridized carbons (Fsp3) is 0.500. The van der Waals surface area contributed by atoms with Crippen LogP contribution in [0.5, 0.6) is 5.75 Å². The zero-order chi connectivity index (χ0) is 12.4. The molecule has 1 unspecified atom stereocenters. The highest BCUT2D eigenvalue weighted by Gasteiger charge is 2.27. The summed E-state index contributed by atoms with van der Waals surface area (Å²) in [5.74, 6) is 0.907. The molecule has 0 aromatic carbocycles. The van der Waals surface area contributed by atoms with Gasteiger partial charge in [0.25, 0.3) is 5.91 Å². The molecule has 1 aliphatic rings. The summed E-state index contributed by atoms with van der Waals surface area (Å²) in [6.07, 6.45) is 0.468. The molecule has 17 heavy (non-hydrogen) atoms. The van der Waals surface area contributed by atoms with Crippen LogP contribution in [0.15, 0.2) is 11.4 Å². The lowest BCUT2D eigenvalue weighted by atomic mass is 9.98. The van der Waals surface area contributed by atoms with Gasteiger partial charge in [0.05, 0.1) is 12.0 Å². The first-order valence-corrected chi connectivity index (χ1v) is 6.44. The molecule has 0 radical (unpaired) electrons. The van der Waals surface area contributed by atoms with Crippen LogP contribution in [-0.2, 0) is 4.79 Å². The predicted molar refractivity (Wildman–Crippen MR) is 65.6 cm³/mol. The second-order valence-electron chi connectivity index (χ2n) is 4.22. The van der Waals surface area contributed by atoms with Gasteiger partial charge in [-0.05, 0) is 0 Å². The van der Waals surface area contributed by atoms with E-state index in [4.69, 9.17) is 4.74 Å². The van der Waals surface area contributed by atoms with Crippen molar-refractivity contribution in [2.75, 3.05) is 20.2 Å². The summed E-state index contributed by atoms with van der Waals surface area (Å²) in [5, 5.41) is 1.81. The van der Waals surface area contributed by atoms with Gasteiger partial charge in [-0.25, -0.2) is 0 Å². The third-order valence-electron chi connectivity index (χ3n) is 2.98. The van der Waals surface area contributed by atoms with Crippen molar-refractivity contribution >= 4 is 23.0 Å². The Morgan fingerprint density at radius 3 is 2.94 bits per heavy atom. The molecule has 2 rings (SSSR count). The molecule has 92 valence electrons. The maximum atomic E-state index is 12.2. The maximum Gasteiger partial charge on any atom is 0.264 e. The molecule has 1 atom stereocenters. The van der Waals surface area contributed by atoms with Crippen molar-refractivity contribution in [1.82, 2.24) is 4.90 Å². The summed E-state index contributed by atoms with van der Waals surface area (Å²) in [4.78, 5) is 26.0. The van der Waals surface area contributed by atoms with E-state index in [2.05, 4.69) is 0 Å². The highest BCUT2D eigenvalue weighted by Crippen LogP contribution is 2.24. The molecule has 5 heteroatoms. The Hall–Kier alpha value is -1.36. The second-order valence-corrected chi connectivity index (χ2v) is 5.13. The summed E-state index contributed by atoms with van der Waals surface area (Å²) < 4.78 is 5.06. The number of methoxy groups -OCH3 is 1. The van der Waals surface area contributed by atoms with Crippen LogP contribution in [0.2, 0.25) is 0 Å². The molecule has 0 bridgehead atoms. The smallest absolute Gasteiger partial charge is 0.264 e. The van der Waals surface area contributed by atoms with Gasteiger partial charge in [0.15, 0.2) is 0 Å². The molecule has 0 aliphatic carbocycles. The third kappa shape index (κ3) is 2.49. The topological polar surface area (TPSA) is 46.6 Å². The van der Waals surface area contributed by atoms with Crippen LogP contribution in [0, 0.1) is 5.92 Å². The Morgan fingerprint density at radius 2 is 2.35 bits per heavy atom. The molecule has 1 saturated heterocycles. The lowest BCUT2D eigenvalue weighted by Gasteiger charge is -2.29. The molecule has 4 nitrogen and oxygen atoms in total. The first-order chi connectivity index (χ1) is 8.11. The maximum absolute atomic E-state index is 12.2. The van der Waals surface area contributed by atoms with Crippen molar-refractivity contribution in [3.8, 4) is 5.75 Å². The molecule has 1 aromatic rings. The number of carbonyl (C=O) groups is 2. The Balaban J connectivity index is 2.07. The second kappa shape index (κ2) is 4.87. The van der Waals surface area contributed by atoms with Crippen LogP contribution in [0.3, 0.4) is 0 Å². The average molecular weight is 253 g/mol. The summed E-state index contributed by atoms with van der Waals surface area (Å²) in [6.45, 7) is 2.93. The average Bonchev–Trinajstić information content (AvgIpc) is 2.80. The van der Waals surface area contributed by atoms with Gasteiger partial charge >= 0.3 is 0 Å². The molecule has 1 aliphatic heterocycles. The summed E-state index contributed by atoms with van der Waals surface area (Å²) in [5.41, 5.74) is 0. The first kappa shape index (κ1) is 12.1. The minimum Gasteiger partial charge on any atom is -0.496 e. The quantitative estimate of drug-likeness (QED) is 0.807. The number of thiophene rings is 1. The van der Waals surface area contributed by atoms with Gasteiger partial charge < -0.3 is 9.64 Å². The zero-order valence-corrected chi connectivity index (χ0v) is 10.8. The van der Waals surface area contributed by atoms with E-state index in [0.717, 1.165) is 0 Å². The number of amides is 1. The van der Waals surface area contributed by atoms with Gasteiger partial charge in [-0.2, -0.15) is 0 Å². The number of likely N-dealkylation sites (tertiary alicyclic amines) is 1. The van der Waals surface area contributed by atoms with E-state index in [9.17, 15) is 9.59 Å². The van der Waals surface area contributed by atoms with Gasteiger partial charge in [0.1, 0.15) is 11.5 Å². The van der Waals surface area contributed by atoms with E-state index in [-0.39, 0.29) is 17.6 Å². The number of ketones is 1. The number of carbonyl (C=O) groups excluding carboxylic acids is 2. The van der Waals surface area contributed by atoms with Crippen molar-refractivity contribution in [1.29, 1.82) is 0 Å². The predicted octanol–water partition coefficient (Wildman–Crippen LogP) is 1.81. The van der Waals surface area contributed by atoms with Crippen LogP contribution < -0.4 is 4.74 Å². The van der Waals surface area contributed by atoms with Crippen LogP contribution in [0.4, 0.5) is 0 Å². The fourth-order valence-corrected chi connectivity index (χ4v) is 2.72. The lowest BCUT2D eigenvalue weighted by Crippen LogP contribution is -2.42. The van der Waals surface area contributed by atoms with E-state index in [1.165, 1.54) is 11.3 Å². The molecule has 1 aromatic heterocycles. The number of Topliss-reactive ketones (excluding diaryl/α,β-unsaturated/α-hetero) is 1. The van der Waals surface area contributed by atoms with Crippen LogP contribution >= 0.6 is 11.3 Å². The van der Waals surface area contributed by atoms with Crippen molar-refractivity contribution in [3.63, 3.8) is 0 Å². The molecule has 0 spiro atoms. The number of nitrogens with zero attached hydrogens (tertiary/aromatic N) is 1. The Bertz CT molecular complexity index is 441. The number of piperidine rings is 1. The molecule has 0 N–H and O–H groups in total. The van der Waals surface area contributed by atoms with E-state index in [1.54, 1.807) is 18.1 Å². The molecular weight excluding hydrogens is 238 g/mol. The van der Waals surface area contributed by atoms with Gasteiger partial charge in [-0.3, -0.25) is 9.59 Å². The summed E-state index contributed by atoms with van der Waals surface area (Å²) in [7, 11) is 1.58. The van der Waals surface area contributed by atoms with Crippen LogP contribution in [0.25, 0.3) is 0 Å². The minimum atomic E-state index is -0.0467. The Kier molecular flexibility index (Phi) is 3.47. The van der Waals surface area contributed by atoms with Crippen molar-refractivity contribution in [2.24, 2.45) is 5.92 Å². The van der Waals surface area contributed by atoms with Gasteiger partial charge in [0, 0.05) is 36.9 Å². The first-order valence-electron chi connectivity index (χ1n) is 5.56. The largest absolute Gasteiger partial charge is 0.496 e. The highest BCUT2D eigenvalue weighted by atomic mass is 32.1. The number of ether oxygens (including phenoxy) is 1. The summed E-state index contributed by atoms with van der Waals surface area (Å²) >= 11 is 1.38. The third-order valence-corrected chi connectivity index (χ3v) is 3.88. The molecule has 1 amide bonds. The monoisotopic (exact) mass is 253 g/mol. The zero-order valence-electron chi connectivity index (χ0n) is 9.93. The molecular formula is C12H15NO3S. The molecule has 2 heterocycles. The summed E-state index contributed by atoms with van der Waals surface area (Å²) in [6, 6.07) is 1.74. The van der Waals surface area contributed by atoms with Crippen LogP contribution in [0.1, 0.15) is 23.0 Å². The van der Waals surface area contributed by atoms with Gasteiger partial charge in [-0.1, -0.05) is 6.92 Å². The minimum absolute atomic E-state index is 0.00218. The normalized spacial score (nSPS) is 20.5. The number of hydrogen-bond donors (Lipinski definition) is 0. The van der Waals surface area contributed by atoms with Crippen molar-refractivity contribution in [2.45, 2.75) is 13.3 Å².